The van der Waals surface area contributed by atoms with Crippen molar-refractivity contribution in [2.45, 2.75) is 42.9 Å². The Morgan fingerprint density at radius 3 is 2.74 bits per heavy atom. The summed E-state index contributed by atoms with van der Waals surface area (Å²) in [6.07, 6.45) is 10.5. The molecule has 8 nitrogen and oxygen atoms in total. The minimum Gasteiger partial charge on any atom is -0.351 e. The first-order valence-electron chi connectivity index (χ1n) is 10.1. The summed E-state index contributed by atoms with van der Waals surface area (Å²) in [6, 6.07) is 5.83. The normalized spacial score (nSPS) is 15.2. The Hall–Kier alpha value is -2.65. The molecule has 3 N–H and O–H groups in total. The van der Waals surface area contributed by atoms with E-state index in [0.717, 1.165) is 29.7 Å². The summed E-state index contributed by atoms with van der Waals surface area (Å²) in [6.45, 7) is 0. The van der Waals surface area contributed by atoms with E-state index in [1.165, 1.54) is 25.2 Å². The van der Waals surface area contributed by atoms with E-state index in [4.69, 9.17) is 21.9 Å². The highest BCUT2D eigenvalue weighted by molar-refractivity contribution is 7.98. The van der Waals surface area contributed by atoms with Crippen LogP contribution in [0.3, 0.4) is 0 Å². The van der Waals surface area contributed by atoms with Crippen LogP contribution in [0.4, 0.5) is 11.8 Å². The van der Waals surface area contributed by atoms with E-state index in [-0.39, 0.29) is 23.7 Å². The third kappa shape index (κ3) is 5.16. The highest BCUT2D eigenvalue weighted by Gasteiger charge is 2.27. The van der Waals surface area contributed by atoms with Crippen molar-refractivity contribution in [3.63, 3.8) is 0 Å². The van der Waals surface area contributed by atoms with Crippen LogP contribution in [-0.2, 0) is 4.79 Å². The van der Waals surface area contributed by atoms with Gasteiger partial charge in [0.1, 0.15) is 5.69 Å². The second kappa shape index (κ2) is 9.65. The van der Waals surface area contributed by atoms with Crippen LogP contribution in [0.2, 0.25) is 5.02 Å². The Bertz CT molecular complexity index is 1050. The molecule has 1 atom stereocenters. The van der Waals surface area contributed by atoms with Gasteiger partial charge in [0.2, 0.25) is 11.7 Å². The lowest BCUT2D eigenvalue weighted by molar-refractivity contribution is -0.118. The number of nitrogen functional groups attached to an aromatic ring is 1. The molecule has 0 aliphatic heterocycles. The lowest BCUT2D eigenvalue weighted by Gasteiger charge is -2.21. The summed E-state index contributed by atoms with van der Waals surface area (Å²) in [5.74, 6) is 0.701. The van der Waals surface area contributed by atoms with Gasteiger partial charge in [0, 0.05) is 4.90 Å². The lowest BCUT2D eigenvalue weighted by atomic mass is 9.87. The first kappa shape index (κ1) is 21.6. The number of benzene rings is 1. The fourth-order valence-electron chi connectivity index (χ4n) is 3.93. The standard InChI is InChI=1S/C21H23ClN6O2S/c1-31-17-7-6-13(9-15(17)22)14(8-12-4-2-3-5-12)20(29)26-18-11-24-16(10-25-18)19-27-21(23)30-28-19/h6-7,9-12,14H,2-5,8H2,1H3,(H2,23,27,28)(H,25,26,29). The minimum absolute atomic E-state index is 0.0462. The predicted molar refractivity (Wildman–Crippen MR) is 121 cm³/mol. The number of nitrogens with two attached hydrogens (primary N) is 1. The van der Waals surface area contributed by atoms with Crippen LogP contribution in [0.15, 0.2) is 40.0 Å². The Balaban J connectivity index is 1.53. The second-order valence-electron chi connectivity index (χ2n) is 7.57. The molecule has 10 heteroatoms. The van der Waals surface area contributed by atoms with Crippen LogP contribution < -0.4 is 11.1 Å². The van der Waals surface area contributed by atoms with Gasteiger partial charge < -0.3 is 15.6 Å². The Morgan fingerprint density at radius 1 is 1.32 bits per heavy atom. The Morgan fingerprint density at radius 2 is 2.13 bits per heavy atom. The Labute approximate surface area is 189 Å². The summed E-state index contributed by atoms with van der Waals surface area (Å²) < 4.78 is 4.75. The lowest BCUT2D eigenvalue weighted by Crippen LogP contribution is -2.23. The van der Waals surface area contributed by atoms with E-state index in [9.17, 15) is 4.79 Å². The van der Waals surface area contributed by atoms with Gasteiger partial charge in [-0.2, -0.15) is 4.98 Å². The predicted octanol–water partition coefficient (Wildman–Crippen LogP) is 4.79. The topological polar surface area (TPSA) is 120 Å². The van der Waals surface area contributed by atoms with Gasteiger partial charge in [-0.3, -0.25) is 4.79 Å². The van der Waals surface area contributed by atoms with Gasteiger partial charge in [-0.25, -0.2) is 9.97 Å². The average molecular weight is 459 g/mol. The molecule has 2 heterocycles. The number of anilines is 2. The van der Waals surface area contributed by atoms with Crippen molar-refractivity contribution in [1.82, 2.24) is 20.1 Å². The zero-order valence-corrected chi connectivity index (χ0v) is 18.6. The molecule has 2 aromatic heterocycles. The minimum atomic E-state index is -0.310. The van der Waals surface area contributed by atoms with Crippen LogP contribution in [0.25, 0.3) is 11.5 Å². The number of thioether (sulfide) groups is 1. The molecule has 162 valence electrons. The molecule has 1 saturated carbocycles. The van der Waals surface area contributed by atoms with Gasteiger partial charge >= 0.3 is 6.01 Å². The first-order valence-corrected chi connectivity index (χ1v) is 11.7. The molecule has 1 unspecified atom stereocenters. The smallest absolute Gasteiger partial charge is 0.319 e. The zero-order chi connectivity index (χ0) is 21.8. The molecule has 1 fully saturated rings. The zero-order valence-electron chi connectivity index (χ0n) is 17.0. The summed E-state index contributed by atoms with van der Waals surface area (Å²) in [5, 5.41) is 7.27. The number of amides is 1. The maximum absolute atomic E-state index is 13.2. The largest absolute Gasteiger partial charge is 0.351 e. The highest BCUT2D eigenvalue weighted by Crippen LogP contribution is 2.37. The van der Waals surface area contributed by atoms with Crippen molar-refractivity contribution in [2.75, 3.05) is 17.3 Å². The molecule has 0 spiro atoms. The SMILES string of the molecule is CSc1ccc(C(CC2CCCC2)C(=O)Nc2cnc(-c3noc(N)n3)cn2)cc1Cl. The number of nitrogens with one attached hydrogen (secondary N) is 1. The van der Waals surface area contributed by atoms with Crippen molar-refractivity contribution in [1.29, 1.82) is 0 Å². The highest BCUT2D eigenvalue weighted by atomic mass is 35.5. The molecule has 1 amide bonds. The van der Waals surface area contributed by atoms with E-state index >= 15 is 0 Å². The molecule has 1 aromatic carbocycles. The van der Waals surface area contributed by atoms with Gasteiger partial charge in [-0.1, -0.05) is 48.5 Å². The van der Waals surface area contributed by atoms with Crippen LogP contribution >= 0.6 is 23.4 Å². The van der Waals surface area contributed by atoms with Gasteiger partial charge in [-0.05, 0) is 36.3 Å². The first-order chi connectivity index (χ1) is 15.0. The van der Waals surface area contributed by atoms with Gasteiger partial charge in [0.05, 0.1) is 23.3 Å². The van der Waals surface area contributed by atoms with Crippen LogP contribution in [0.5, 0.6) is 0 Å². The number of hydrogen-bond donors (Lipinski definition) is 2. The van der Waals surface area contributed by atoms with Gasteiger partial charge in [0.15, 0.2) is 5.82 Å². The van der Waals surface area contributed by atoms with Crippen LogP contribution in [-0.4, -0.2) is 32.3 Å². The number of aromatic nitrogens is 4. The average Bonchev–Trinajstić information content (AvgIpc) is 3.44. The second-order valence-corrected chi connectivity index (χ2v) is 8.82. The van der Waals surface area contributed by atoms with Crippen molar-refractivity contribution < 1.29 is 9.32 Å². The maximum atomic E-state index is 13.2. The Kier molecular flexibility index (Phi) is 6.72. The quantitative estimate of drug-likeness (QED) is 0.485. The fraction of sp³-hybridized carbons (Fsp3) is 0.381. The van der Waals surface area contributed by atoms with Gasteiger partial charge in [0.25, 0.3) is 0 Å². The monoisotopic (exact) mass is 458 g/mol. The number of rotatable bonds is 7. The van der Waals surface area contributed by atoms with E-state index in [1.807, 2.05) is 24.5 Å². The molecule has 4 rings (SSSR count). The number of carbonyl (C=O) groups is 1. The van der Waals surface area contributed by atoms with E-state index in [0.29, 0.717) is 22.5 Å². The number of hydrogen-bond acceptors (Lipinski definition) is 8. The molecule has 1 aliphatic carbocycles. The third-order valence-electron chi connectivity index (χ3n) is 5.51. The van der Waals surface area contributed by atoms with Gasteiger partial charge in [-0.15, -0.1) is 11.8 Å². The molecular formula is C21H23ClN6O2S. The molecule has 1 aliphatic rings. The summed E-state index contributed by atoms with van der Waals surface area (Å²) in [5.41, 5.74) is 6.76. The van der Waals surface area contributed by atoms with Crippen LogP contribution in [0, 0.1) is 5.92 Å². The molecular weight excluding hydrogens is 436 g/mol. The summed E-state index contributed by atoms with van der Waals surface area (Å²) in [4.78, 5) is 26.7. The van der Waals surface area contributed by atoms with Crippen molar-refractivity contribution in [2.24, 2.45) is 5.92 Å². The number of nitrogens with zero attached hydrogens (tertiary/aromatic N) is 4. The molecule has 0 saturated heterocycles. The summed E-state index contributed by atoms with van der Waals surface area (Å²) >= 11 is 8.01. The third-order valence-corrected chi connectivity index (χ3v) is 6.73. The fourth-order valence-corrected chi connectivity index (χ4v) is 4.81. The van der Waals surface area contributed by atoms with Crippen molar-refractivity contribution in [3.8, 4) is 11.5 Å². The summed E-state index contributed by atoms with van der Waals surface area (Å²) in [7, 11) is 0. The molecule has 31 heavy (non-hydrogen) atoms. The molecule has 3 aromatic rings. The van der Waals surface area contributed by atoms with Crippen molar-refractivity contribution >= 4 is 41.1 Å². The van der Waals surface area contributed by atoms with E-state index in [1.54, 1.807) is 11.8 Å². The van der Waals surface area contributed by atoms with Crippen LogP contribution in [0.1, 0.15) is 43.6 Å². The maximum Gasteiger partial charge on any atom is 0.319 e. The number of carbonyl (C=O) groups excluding carboxylic acids is 1. The molecule has 0 bridgehead atoms. The van der Waals surface area contributed by atoms with E-state index in [2.05, 4.69) is 25.4 Å². The molecule has 0 radical (unpaired) electrons. The van der Waals surface area contributed by atoms with E-state index < -0.39 is 0 Å². The number of halogens is 1. The van der Waals surface area contributed by atoms with Crippen molar-refractivity contribution in [3.05, 3.63) is 41.2 Å².